The summed E-state index contributed by atoms with van der Waals surface area (Å²) in [6.45, 7) is 6.35. The number of carbonyl (C=O) groups excluding carboxylic acids is 1. The Morgan fingerprint density at radius 3 is 2.65 bits per heavy atom. The average Bonchev–Trinajstić information content (AvgIpc) is 2.36. The zero-order valence-corrected chi connectivity index (χ0v) is 11.1. The summed E-state index contributed by atoms with van der Waals surface area (Å²) in [6, 6.07) is 8.46. The molecule has 0 aromatic heterocycles. The zero-order valence-electron chi connectivity index (χ0n) is 11.1. The molecule has 17 heavy (non-hydrogen) atoms. The van der Waals surface area contributed by atoms with Crippen LogP contribution in [0.5, 0.6) is 0 Å². The van der Waals surface area contributed by atoms with E-state index in [0.29, 0.717) is 11.7 Å². The van der Waals surface area contributed by atoms with Gasteiger partial charge in [0, 0.05) is 11.8 Å². The van der Waals surface area contributed by atoms with Crippen molar-refractivity contribution in [3.05, 3.63) is 35.4 Å². The van der Waals surface area contributed by atoms with Gasteiger partial charge in [-0.05, 0) is 36.3 Å². The first kappa shape index (κ1) is 12.3. The van der Waals surface area contributed by atoms with Gasteiger partial charge < -0.3 is 0 Å². The summed E-state index contributed by atoms with van der Waals surface area (Å²) in [5, 5.41) is 0. The molecule has 0 fully saturated rings. The molecule has 1 aliphatic rings. The second kappa shape index (κ2) is 5.03. The first-order valence-corrected chi connectivity index (χ1v) is 6.72. The van der Waals surface area contributed by atoms with Crippen molar-refractivity contribution in [3.63, 3.8) is 0 Å². The van der Waals surface area contributed by atoms with Crippen LogP contribution >= 0.6 is 0 Å². The SMILES string of the molecule is CC(C)C(C)C(=O)C1CCCc2ccccc21. The first-order chi connectivity index (χ1) is 8.11. The molecule has 92 valence electrons. The van der Waals surface area contributed by atoms with E-state index in [0.717, 1.165) is 19.3 Å². The molecule has 0 aliphatic heterocycles. The summed E-state index contributed by atoms with van der Waals surface area (Å²) in [5.74, 6) is 1.20. The normalized spacial score (nSPS) is 21.1. The third-order valence-electron chi connectivity index (χ3n) is 4.16. The Labute approximate surface area is 104 Å². The molecule has 0 radical (unpaired) electrons. The highest BCUT2D eigenvalue weighted by atomic mass is 16.1. The molecule has 0 saturated carbocycles. The van der Waals surface area contributed by atoms with E-state index in [1.165, 1.54) is 11.1 Å². The molecule has 0 saturated heterocycles. The van der Waals surface area contributed by atoms with Crippen LogP contribution in [0.15, 0.2) is 24.3 Å². The second-order valence-corrected chi connectivity index (χ2v) is 5.58. The molecule has 1 heteroatoms. The molecule has 2 rings (SSSR count). The molecule has 1 aromatic rings. The average molecular weight is 230 g/mol. The van der Waals surface area contributed by atoms with E-state index in [2.05, 4.69) is 45.0 Å². The van der Waals surface area contributed by atoms with Gasteiger partial charge in [0.2, 0.25) is 0 Å². The van der Waals surface area contributed by atoms with Crippen LogP contribution in [0, 0.1) is 11.8 Å². The van der Waals surface area contributed by atoms with Crippen LogP contribution in [0.25, 0.3) is 0 Å². The molecule has 0 heterocycles. The van der Waals surface area contributed by atoms with E-state index in [1.807, 2.05) is 0 Å². The van der Waals surface area contributed by atoms with E-state index in [9.17, 15) is 4.79 Å². The quantitative estimate of drug-likeness (QED) is 0.768. The second-order valence-electron chi connectivity index (χ2n) is 5.58. The maximum Gasteiger partial charge on any atom is 0.143 e. The molecule has 0 amide bonds. The predicted octanol–water partition coefficient (Wildman–Crippen LogP) is 3.97. The Hall–Kier alpha value is -1.11. The van der Waals surface area contributed by atoms with Crippen LogP contribution in [0.1, 0.15) is 50.7 Å². The standard InChI is InChI=1S/C16H22O/c1-11(2)12(3)16(17)15-10-6-8-13-7-4-5-9-14(13)15/h4-5,7,9,11-12,15H,6,8,10H2,1-3H3. The molecule has 2 unspecified atom stereocenters. The smallest absolute Gasteiger partial charge is 0.143 e. The van der Waals surface area contributed by atoms with Crippen molar-refractivity contribution in [2.24, 2.45) is 11.8 Å². The summed E-state index contributed by atoms with van der Waals surface area (Å²) in [6.07, 6.45) is 3.32. The zero-order chi connectivity index (χ0) is 12.4. The third kappa shape index (κ3) is 2.43. The van der Waals surface area contributed by atoms with Gasteiger partial charge in [0.25, 0.3) is 0 Å². The van der Waals surface area contributed by atoms with Crippen LogP contribution in [0.4, 0.5) is 0 Å². The van der Waals surface area contributed by atoms with Crippen LogP contribution in [0.3, 0.4) is 0 Å². The predicted molar refractivity (Wildman–Crippen MR) is 71.1 cm³/mol. The minimum Gasteiger partial charge on any atom is -0.299 e. The summed E-state index contributed by atoms with van der Waals surface area (Å²) >= 11 is 0. The first-order valence-electron chi connectivity index (χ1n) is 6.72. The lowest BCUT2D eigenvalue weighted by Crippen LogP contribution is -2.26. The molecule has 0 spiro atoms. The highest BCUT2D eigenvalue weighted by molar-refractivity contribution is 5.88. The fourth-order valence-corrected chi connectivity index (χ4v) is 2.70. The van der Waals surface area contributed by atoms with Gasteiger partial charge in [0.05, 0.1) is 0 Å². The van der Waals surface area contributed by atoms with E-state index >= 15 is 0 Å². The van der Waals surface area contributed by atoms with E-state index in [4.69, 9.17) is 0 Å². The number of fused-ring (bicyclic) bond motifs is 1. The lowest BCUT2D eigenvalue weighted by molar-refractivity contribution is -0.125. The molecule has 2 atom stereocenters. The topological polar surface area (TPSA) is 17.1 Å². The van der Waals surface area contributed by atoms with Gasteiger partial charge in [-0.3, -0.25) is 4.79 Å². The van der Waals surface area contributed by atoms with Crippen molar-refractivity contribution in [3.8, 4) is 0 Å². The lowest BCUT2D eigenvalue weighted by atomic mass is 9.75. The van der Waals surface area contributed by atoms with Crippen molar-refractivity contribution in [1.82, 2.24) is 0 Å². The Bertz CT molecular complexity index is 406. The molecule has 1 aromatic carbocycles. The summed E-state index contributed by atoms with van der Waals surface area (Å²) in [5.41, 5.74) is 2.67. The maximum absolute atomic E-state index is 12.5. The van der Waals surface area contributed by atoms with E-state index in [-0.39, 0.29) is 11.8 Å². The van der Waals surface area contributed by atoms with Gasteiger partial charge >= 0.3 is 0 Å². The Balaban J connectivity index is 2.27. The molecule has 0 bridgehead atoms. The van der Waals surface area contributed by atoms with Gasteiger partial charge in [-0.1, -0.05) is 45.0 Å². The highest BCUT2D eigenvalue weighted by Gasteiger charge is 2.30. The summed E-state index contributed by atoms with van der Waals surface area (Å²) < 4.78 is 0. The van der Waals surface area contributed by atoms with Crippen LogP contribution in [-0.2, 0) is 11.2 Å². The van der Waals surface area contributed by atoms with Gasteiger partial charge in [-0.15, -0.1) is 0 Å². The Kier molecular flexibility index (Phi) is 3.66. The fraction of sp³-hybridized carbons (Fsp3) is 0.562. The van der Waals surface area contributed by atoms with Gasteiger partial charge in [0.15, 0.2) is 0 Å². The van der Waals surface area contributed by atoms with Crippen molar-refractivity contribution >= 4 is 5.78 Å². The third-order valence-corrected chi connectivity index (χ3v) is 4.16. The number of hydrogen-bond donors (Lipinski definition) is 0. The number of ketones is 1. The van der Waals surface area contributed by atoms with Gasteiger partial charge in [0.1, 0.15) is 5.78 Å². The summed E-state index contributed by atoms with van der Waals surface area (Å²) in [7, 11) is 0. The molecule has 0 N–H and O–H groups in total. The molecule has 1 nitrogen and oxygen atoms in total. The number of rotatable bonds is 3. The number of benzene rings is 1. The van der Waals surface area contributed by atoms with Crippen LogP contribution < -0.4 is 0 Å². The van der Waals surface area contributed by atoms with E-state index < -0.39 is 0 Å². The highest BCUT2D eigenvalue weighted by Crippen LogP contribution is 2.34. The van der Waals surface area contributed by atoms with Gasteiger partial charge in [-0.2, -0.15) is 0 Å². The molecular weight excluding hydrogens is 208 g/mol. The minimum atomic E-state index is 0.150. The summed E-state index contributed by atoms with van der Waals surface area (Å²) in [4.78, 5) is 12.5. The van der Waals surface area contributed by atoms with Crippen molar-refractivity contribution < 1.29 is 4.79 Å². The number of aryl methyl sites for hydroxylation is 1. The van der Waals surface area contributed by atoms with Crippen LogP contribution in [-0.4, -0.2) is 5.78 Å². The number of Topliss-reactive ketones (excluding diaryl/α,β-unsaturated/α-hetero) is 1. The van der Waals surface area contributed by atoms with E-state index in [1.54, 1.807) is 0 Å². The monoisotopic (exact) mass is 230 g/mol. The molecular formula is C16H22O. The van der Waals surface area contributed by atoms with Gasteiger partial charge in [-0.25, -0.2) is 0 Å². The Morgan fingerprint density at radius 2 is 1.94 bits per heavy atom. The van der Waals surface area contributed by atoms with Crippen molar-refractivity contribution in [2.75, 3.05) is 0 Å². The fourth-order valence-electron chi connectivity index (χ4n) is 2.70. The minimum absolute atomic E-state index is 0.150. The molecule has 1 aliphatic carbocycles. The lowest BCUT2D eigenvalue weighted by Gasteiger charge is -2.27. The number of hydrogen-bond acceptors (Lipinski definition) is 1. The van der Waals surface area contributed by atoms with Crippen molar-refractivity contribution in [1.29, 1.82) is 0 Å². The maximum atomic E-state index is 12.5. The van der Waals surface area contributed by atoms with Crippen LogP contribution in [0.2, 0.25) is 0 Å². The number of carbonyl (C=O) groups is 1. The largest absolute Gasteiger partial charge is 0.299 e. The van der Waals surface area contributed by atoms with Crippen molar-refractivity contribution in [2.45, 2.75) is 46.0 Å². The Morgan fingerprint density at radius 1 is 1.24 bits per heavy atom.